The molecule has 0 bridgehead atoms. The Hall–Kier alpha value is -1.59. The van der Waals surface area contributed by atoms with Gasteiger partial charge in [0.15, 0.2) is 6.61 Å². The highest BCUT2D eigenvalue weighted by molar-refractivity contribution is 5.95. The standard InChI is InChI=1S/C16H22N2O3/c1-11(17-10-16(2)6-3-7-21-16)12-4-5-14-13(8-12)18-15(19)9-20-14/h4-5,8,11,17H,3,6-7,9-10H2,1-2H3,(H,18,19). The quantitative estimate of drug-likeness (QED) is 0.893. The van der Waals surface area contributed by atoms with Crippen molar-refractivity contribution < 1.29 is 14.3 Å². The van der Waals surface area contributed by atoms with E-state index in [0.29, 0.717) is 0 Å². The number of anilines is 1. The van der Waals surface area contributed by atoms with Gasteiger partial charge in [-0.05, 0) is 44.4 Å². The second kappa shape index (κ2) is 5.66. The Kier molecular flexibility index (Phi) is 3.87. The topological polar surface area (TPSA) is 59.6 Å². The largest absolute Gasteiger partial charge is 0.482 e. The van der Waals surface area contributed by atoms with Crippen LogP contribution in [-0.4, -0.2) is 31.3 Å². The minimum absolute atomic E-state index is 0.0558. The van der Waals surface area contributed by atoms with E-state index in [4.69, 9.17) is 9.47 Å². The third kappa shape index (κ3) is 3.19. The van der Waals surface area contributed by atoms with Crippen LogP contribution in [-0.2, 0) is 9.53 Å². The Morgan fingerprint density at radius 2 is 2.33 bits per heavy atom. The minimum Gasteiger partial charge on any atom is -0.482 e. The number of fused-ring (bicyclic) bond motifs is 1. The Morgan fingerprint density at radius 3 is 3.10 bits per heavy atom. The van der Waals surface area contributed by atoms with Gasteiger partial charge in [-0.25, -0.2) is 0 Å². The van der Waals surface area contributed by atoms with E-state index in [1.54, 1.807) is 0 Å². The highest BCUT2D eigenvalue weighted by Gasteiger charge is 2.30. The molecule has 2 N–H and O–H groups in total. The van der Waals surface area contributed by atoms with Crippen LogP contribution in [0.15, 0.2) is 18.2 Å². The molecule has 0 aromatic heterocycles. The van der Waals surface area contributed by atoms with E-state index in [2.05, 4.69) is 24.5 Å². The van der Waals surface area contributed by atoms with Crippen LogP contribution in [0, 0.1) is 0 Å². The molecule has 21 heavy (non-hydrogen) atoms. The van der Waals surface area contributed by atoms with Gasteiger partial charge >= 0.3 is 0 Å². The zero-order chi connectivity index (χ0) is 14.9. The van der Waals surface area contributed by atoms with Crippen molar-refractivity contribution in [1.29, 1.82) is 0 Å². The number of rotatable bonds is 4. The molecule has 0 radical (unpaired) electrons. The molecule has 5 heteroatoms. The fraction of sp³-hybridized carbons (Fsp3) is 0.562. The van der Waals surface area contributed by atoms with E-state index in [1.165, 1.54) is 0 Å². The zero-order valence-corrected chi connectivity index (χ0v) is 12.6. The molecule has 1 aromatic carbocycles. The van der Waals surface area contributed by atoms with Gasteiger partial charge in [0.25, 0.3) is 5.91 Å². The van der Waals surface area contributed by atoms with Crippen molar-refractivity contribution in [1.82, 2.24) is 5.32 Å². The lowest BCUT2D eigenvalue weighted by atomic mass is 10.0. The summed E-state index contributed by atoms with van der Waals surface area (Å²) in [7, 11) is 0. The van der Waals surface area contributed by atoms with Crippen LogP contribution in [0.1, 0.15) is 38.3 Å². The van der Waals surface area contributed by atoms with Gasteiger partial charge in [-0.3, -0.25) is 4.79 Å². The summed E-state index contributed by atoms with van der Waals surface area (Å²) in [5.74, 6) is 0.628. The maximum absolute atomic E-state index is 11.4. The molecule has 2 aliphatic rings. The maximum Gasteiger partial charge on any atom is 0.262 e. The van der Waals surface area contributed by atoms with Gasteiger partial charge in [0.1, 0.15) is 5.75 Å². The molecule has 0 saturated carbocycles. The molecule has 2 unspecified atom stereocenters. The Balaban J connectivity index is 1.66. The van der Waals surface area contributed by atoms with E-state index in [1.807, 2.05) is 18.2 Å². The number of nitrogens with one attached hydrogen (secondary N) is 2. The van der Waals surface area contributed by atoms with E-state index < -0.39 is 0 Å². The van der Waals surface area contributed by atoms with Crippen molar-refractivity contribution in [3.8, 4) is 5.75 Å². The van der Waals surface area contributed by atoms with Gasteiger partial charge in [0.05, 0.1) is 11.3 Å². The molecular weight excluding hydrogens is 268 g/mol. The van der Waals surface area contributed by atoms with Crippen LogP contribution in [0.5, 0.6) is 5.75 Å². The molecule has 0 aliphatic carbocycles. The first kappa shape index (κ1) is 14.4. The first-order valence-corrected chi connectivity index (χ1v) is 7.50. The highest BCUT2D eigenvalue weighted by atomic mass is 16.5. The van der Waals surface area contributed by atoms with Crippen molar-refractivity contribution in [3.63, 3.8) is 0 Å². The molecule has 2 atom stereocenters. The number of hydrogen-bond donors (Lipinski definition) is 2. The first-order chi connectivity index (χ1) is 10.1. The average Bonchev–Trinajstić information content (AvgIpc) is 2.91. The molecule has 1 amide bonds. The number of carbonyl (C=O) groups excluding carboxylic acids is 1. The Bertz CT molecular complexity index is 538. The number of hydrogen-bond acceptors (Lipinski definition) is 4. The molecule has 114 valence electrons. The van der Waals surface area contributed by atoms with Gasteiger partial charge in [0.2, 0.25) is 0 Å². The van der Waals surface area contributed by atoms with Crippen LogP contribution in [0.2, 0.25) is 0 Å². The van der Waals surface area contributed by atoms with Crippen LogP contribution < -0.4 is 15.4 Å². The fourth-order valence-electron chi connectivity index (χ4n) is 2.83. The van der Waals surface area contributed by atoms with Gasteiger partial charge < -0.3 is 20.1 Å². The van der Waals surface area contributed by atoms with Crippen molar-refractivity contribution in [2.45, 2.75) is 38.3 Å². The summed E-state index contributed by atoms with van der Waals surface area (Å²) < 4.78 is 11.2. The minimum atomic E-state index is -0.105. The summed E-state index contributed by atoms with van der Waals surface area (Å²) >= 11 is 0. The van der Waals surface area contributed by atoms with Gasteiger partial charge in [-0.15, -0.1) is 0 Å². The normalized spacial score (nSPS) is 25.9. The zero-order valence-electron chi connectivity index (χ0n) is 12.6. The number of ether oxygens (including phenoxy) is 2. The summed E-state index contributed by atoms with van der Waals surface area (Å²) in [6.45, 7) is 6.05. The van der Waals surface area contributed by atoms with Crippen LogP contribution >= 0.6 is 0 Å². The predicted octanol–water partition coefficient (Wildman–Crippen LogP) is 2.24. The SMILES string of the molecule is CC(NCC1(C)CCCO1)c1ccc2c(c1)NC(=O)CO2. The molecule has 2 heterocycles. The third-order valence-corrected chi connectivity index (χ3v) is 4.22. The first-order valence-electron chi connectivity index (χ1n) is 7.50. The van der Waals surface area contributed by atoms with Gasteiger partial charge in [-0.1, -0.05) is 6.07 Å². The summed E-state index contributed by atoms with van der Waals surface area (Å²) in [5, 5.41) is 6.36. The van der Waals surface area contributed by atoms with E-state index in [-0.39, 0.29) is 24.2 Å². The Morgan fingerprint density at radius 1 is 1.48 bits per heavy atom. The predicted molar refractivity (Wildman–Crippen MR) is 80.6 cm³/mol. The third-order valence-electron chi connectivity index (χ3n) is 4.22. The van der Waals surface area contributed by atoms with Crippen LogP contribution in [0.4, 0.5) is 5.69 Å². The Labute approximate surface area is 125 Å². The van der Waals surface area contributed by atoms with Gasteiger partial charge in [0, 0.05) is 19.2 Å². The van der Waals surface area contributed by atoms with Crippen molar-refractivity contribution in [2.75, 3.05) is 25.1 Å². The summed E-state index contributed by atoms with van der Waals surface area (Å²) in [6, 6.07) is 6.11. The second-order valence-corrected chi connectivity index (χ2v) is 6.10. The number of benzene rings is 1. The molecule has 3 rings (SSSR count). The maximum atomic E-state index is 11.4. The molecule has 1 saturated heterocycles. The summed E-state index contributed by atoms with van der Waals surface area (Å²) in [6.07, 6.45) is 2.23. The molecule has 5 nitrogen and oxygen atoms in total. The van der Waals surface area contributed by atoms with Crippen molar-refractivity contribution in [3.05, 3.63) is 23.8 Å². The van der Waals surface area contributed by atoms with Gasteiger partial charge in [-0.2, -0.15) is 0 Å². The summed E-state index contributed by atoms with van der Waals surface area (Å²) in [4.78, 5) is 11.4. The fourth-order valence-corrected chi connectivity index (χ4v) is 2.83. The number of carbonyl (C=O) groups is 1. The molecule has 0 spiro atoms. The van der Waals surface area contributed by atoms with E-state index in [0.717, 1.165) is 43.0 Å². The van der Waals surface area contributed by atoms with E-state index >= 15 is 0 Å². The van der Waals surface area contributed by atoms with Crippen LogP contribution in [0.25, 0.3) is 0 Å². The van der Waals surface area contributed by atoms with E-state index in [9.17, 15) is 4.79 Å². The number of amides is 1. The molecule has 1 aromatic rings. The lowest BCUT2D eigenvalue weighted by Gasteiger charge is -2.27. The highest BCUT2D eigenvalue weighted by Crippen LogP contribution is 2.31. The average molecular weight is 290 g/mol. The second-order valence-electron chi connectivity index (χ2n) is 6.10. The molecular formula is C16H22N2O3. The monoisotopic (exact) mass is 290 g/mol. The lowest BCUT2D eigenvalue weighted by Crippen LogP contribution is -2.38. The van der Waals surface area contributed by atoms with Crippen molar-refractivity contribution >= 4 is 11.6 Å². The van der Waals surface area contributed by atoms with Crippen LogP contribution in [0.3, 0.4) is 0 Å². The molecule has 1 fully saturated rings. The summed E-state index contributed by atoms with van der Waals surface area (Å²) in [5.41, 5.74) is 1.82. The lowest BCUT2D eigenvalue weighted by molar-refractivity contribution is -0.118. The molecule has 2 aliphatic heterocycles. The van der Waals surface area contributed by atoms with Crippen molar-refractivity contribution in [2.24, 2.45) is 0 Å². The smallest absolute Gasteiger partial charge is 0.262 e.